The number of nitrogens with zero attached hydrogens (tertiary/aromatic N) is 4. The van der Waals surface area contributed by atoms with E-state index in [1.165, 1.54) is 12.4 Å². The van der Waals surface area contributed by atoms with Crippen molar-refractivity contribution in [1.29, 1.82) is 0 Å². The van der Waals surface area contributed by atoms with Gasteiger partial charge in [-0.2, -0.15) is 0 Å². The van der Waals surface area contributed by atoms with Crippen molar-refractivity contribution in [3.63, 3.8) is 0 Å². The van der Waals surface area contributed by atoms with Crippen molar-refractivity contribution < 1.29 is 19.9 Å². The van der Waals surface area contributed by atoms with Gasteiger partial charge in [-0.1, -0.05) is 34.6 Å². The number of oxime groups is 2. The van der Waals surface area contributed by atoms with Crippen molar-refractivity contribution in [3.8, 4) is 11.5 Å². The van der Waals surface area contributed by atoms with Crippen LogP contribution in [0.3, 0.4) is 0 Å². The van der Waals surface area contributed by atoms with Crippen molar-refractivity contribution in [3.05, 3.63) is 94.0 Å². The summed E-state index contributed by atoms with van der Waals surface area (Å²) in [5.41, 5.74) is 5.35. The Hall–Kier alpha value is -4.98. The highest BCUT2D eigenvalue weighted by atomic mass is 16.7. The number of hydrogen-bond donors (Lipinski definition) is 2. The number of aryl methyl sites for hydroxylation is 2. The van der Waals surface area contributed by atoms with Gasteiger partial charge in [-0.15, -0.1) is 0 Å². The number of aromatic hydroxyl groups is 2. The molecule has 1 heterocycles. The molecule has 0 aliphatic carbocycles. The van der Waals surface area contributed by atoms with Gasteiger partial charge in [-0.25, -0.2) is 0 Å². The number of rotatable bonds is 0. The Morgan fingerprint density at radius 3 is 1.47 bits per heavy atom. The molecule has 5 rings (SSSR count). The summed E-state index contributed by atoms with van der Waals surface area (Å²) in [6, 6.07) is 18.9. The minimum atomic E-state index is 0.0436. The molecule has 1 aliphatic rings. The van der Waals surface area contributed by atoms with E-state index in [1.807, 2.05) is 74.5 Å². The fraction of sp³-hybridized carbons (Fsp3) is 0.133. The van der Waals surface area contributed by atoms with E-state index in [0.29, 0.717) is 33.6 Å². The molecular formula is C30H26N4O4. The molecule has 8 heteroatoms. The predicted octanol–water partition coefficient (Wildman–Crippen LogP) is 6.08. The third-order valence-electron chi connectivity index (χ3n) is 5.97. The fourth-order valence-electron chi connectivity index (χ4n) is 4.23. The summed E-state index contributed by atoms with van der Waals surface area (Å²) < 4.78 is 0. The predicted molar refractivity (Wildman–Crippen MR) is 151 cm³/mol. The second-order valence-corrected chi connectivity index (χ2v) is 8.89. The van der Waals surface area contributed by atoms with Gasteiger partial charge in [0.05, 0.1) is 23.8 Å². The molecule has 1 aliphatic heterocycles. The number of fused-ring (bicyclic) bond motifs is 4. The van der Waals surface area contributed by atoms with Gasteiger partial charge in [-0.05, 0) is 66.8 Å². The Kier molecular flexibility index (Phi) is 7.13. The smallest absolute Gasteiger partial charge is 0.153 e. The fourth-order valence-corrected chi connectivity index (χ4v) is 4.23. The highest BCUT2D eigenvalue weighted by Crippen LogP contribution is 2.35. The van der Waals surface area contributed by atoms with Crippen LogP contribution < -0.4 is 0 Å². The minimum absolute atomic E-state index is 0.0436. The molecule has 0 unspecified atom stereocenters. The lowest BCUT2D eigenvalue weighted by molar-refractivity contribution is 0.0553. The van der Waals surface area contributed by atoms with Gasteiger partial charge in [0.15, 0.2) is 13.2 Å². The maximum atomic E-state index is 10.8. The van der Waals surface area contributed by atoms with Crippen LogP contribution in [0.4, 0.5) is 11.4 Å². The summed E-state index contributed by atoms with van der Waals surface area (Å²) in [5.74, 6) is 0.0871. The lowest BCUT2D eigenvalue weighted by Crippen LogP contribution is -1.99. The molecule has 0 saturated heterocycles. The summed E-state index contributed by atoms with van der Waals surface area (Å²) in [6.45, 7) is 4.15. The zero-order valence-corrected chi connectivity index (χ0v) is 21.0. The molecule has 4 bridgehead atoms. The van der Waals surface area contributed by atoms with E-state index in [1.54, 1.807) is 12.4 Å². The Labute approximate surface area is 219 Å². The van der Waals surface area contributed by atoms with Crippen molar-refractivity contribution in [1.82, 2.24) is 0 Å². The van der Waals surface area contributed by atoms with Gasteiger partial charge < -0.3 is 19.9 Å². The number of hydrogen-bond acceptors (Lipinski definition) is 8. The Morgan fingerprint density at radius 2 is 1.03 bits per heavy atom. The second kappa shape index (κ2) is 11.0. The third kappa shape index (κ3) is 5.39. The molecule has 0 fully saturated rings. The van der Waals surface area contributed by atoms with Crippen LogP contribution in [0.15, 0.2) is 81.0 Å². The van der Waals surface area contributed by atoms with Crippen LogP contribution in [0.2, 0.25) is 0 Å². The molecule has 8 nitrogen and oxygen atoms in total. The summed E-state index contributed by atoms with van der Waals surface area (Å²) in [7, 11) is 0. The molecule has 0 atom stereocenters. The van der Waals surface area contributed by atoms with Gasteiger partial charge in [0.2, 0.25) is 0 Å². The van der Waals surface area contributed by atoms with Gasteiger partial charge in [0.1, 0.15) is 11.5 Å². The van der Waals surface area contributed by atoms with E-state index >= 15 is 0 Å². The first kappa shape index (κ1) is 24.7. The summed E-state index contributed by atoms with van der Waals surface area (Å²) in [6.07, 6.45) is 6.15. The first-order chi connectivity index (χ1) is 18.5. The lowest BCUT2D eigenvalue weighted by atomic mass is 10.0. The van der Waals surface area contributed by atoms with E-state index < -0.39 is 0 Å². The van der Waals surface area contributed by atoms with Gasteiger partial charge in [-0.3, -0.25) is 9.98 Å². The quantitative estimate of drug-likeness (QED) is 0.301. The van der Waals surface area contributed by atoms with Crippen molar-refractivity contribution in [2.24, 2.45) is 20.3 Å². The molecule has 0 saturated carbocycles. The highest BCUT2D eigenvalue weighted by Gasteiger charge is 2.10. The molecule has 0 aromatic heterocycles. The first-order valence-electron chi connectivity index (χ1n) is 12.1. The van der Waals surface area contributed by atoms with Crippen LogP contribution in [-0.2, 0) is 9.68 Å². The summed E-state index contributed by atoms with van der Waals surface area (Å²) in [5, 5.41) is 31.4. The molecule has 38 heavy (non-hydrogen) atoms. The first-order valence-corrected chi connectivity index (χ1v) is 12.1. The zero-order chi connectivity index (χ0) is 26.5. The van der Waals surface area contributed by atoms with Crippen LogP contribution in [0.25, 0.3) is 10.8 Å². The Morgan fingerprint density at radius 1 is 0.605 bits per heavy atom. The highest BCUT2D eigenvalue weighted by molar-refractivity contribution is 6.04. The number of benzene rings is 4. The number of phenolic OH excluding ortho intramolecular Hbond substituents is 2. The minimum Gasteiger partial charge on any atom is -0.507 e. The van der Waals surface area contributed by atoms with Crippen LogP contribution >= 0.6 is 0 Å². The maximum absolute atomic E-state index is 10.8. The molecule has 0 amide bonds. The largest absolute Gasteiger partial charge is 0.507 e. The maximum Gasteiger partial charge on any atom is 0.153 e. The van der Waals surface area contributed by atoms with E-state index in [0.717, 1.165) is 21.9 Å². The normalized spacial score (nSPS) is 15.2. The van der Waals surface area contributed by atoms with Crippen molar-refractivity contribution >= 4 is 47.0 Å². The Bertz CT molecular complexity index is 1510. The second-order valence-electron chi connectivity index (χ2n) is 8.89. The summed E-state index contributed by atoms with van der Waals surface area (Å²) in [4.78, 5) is 19.9. The summed E-state index contributed by atoms with van der Waals surface area (Å²) >= 11 is 0. The molecule has 0 radical (unpaired) electrons. The molecule has 2 N–H and O–H groups in total. The standard InChI is InChI=1S/C30H26N4O4/c1-19-11-22-15-31-26-7-3-5-21-6-4-8-27(28(21)26)32-16-23-12-20(2)14-25(30(23)36)18-34-38-10-9-37-33-17-24(13-19)29(22)35/h3-8,11-18,35-36H,9-10H2,1-2H3/b31-15?,32-16?,33-17-,34-18-. The molecule has 190 valence electrons. The average molecular weight is 507 g/mol. The Balaban J connectivity index is 1.66. The van der Waals surface area contributed by atoms with E-state index in [4.69, 9.17) is 19.7 Å². The van der Waals surface area contributed by atoms with E-state index in [2.05, 4.69) is 10.3 Å². The average Bonchev–Trinajstić information content (AvgIpc) is 2.91. The van der Waals surface area contributed by atoms with Gasteiger partial charge in [0.25, 0.3) is 0 Å². The zero-order valence-electron chi connectivity index (χ0n) is 21.0. The van der Waals surface area contributed by atoms with Crippen LogP contribution in [0, 0.1) is 13.8 Å². The van der Waals surface area contributed by atoms with Gasteiger partial charge >= 0.3 is 0 Å². The van der Waals surface area contributed by atoms with Crippen molar-refractivity contribution in [2.75, 3.05) is 13.2 Å². The molecule has 0 spiro atoms. The molecular weight excluding hydrogens is 480 g/mol. The lowest BCUT2D eigenvalue weighted by Gasteiger charge is -2.08. The van der Waals surface area contributed by atoms with E-state index in [9.17, 15) is 10.2 Å². The topological polar surface area (TPSA) is 108 Å². The number of phenols is 2. The monoisotopic (exact) mass is 506 g/mol. The number of aliphatic imine (C=N–C) groups is 2. The van der Waals surface area contributed by atoms with E-state index in [-0.39, 0.29) is 24.7 Å². The van der Waals surface area contributed by atoms with Gasteiger partial charge in [0, 0.05) is 40.1 Å². The molecule has 4 aromatic carbocycles. The van der Waals surface area contributed by atoms with Crippen LogP contribution in [0.1, 0.15) is 33.4 Å². The molecule has 4 aromatic rings. The SMILES string of the molecule is Cc1cc2c(O)c(c1)/C=N\OCCO/N=C\c1cc(C)cc(c1O)C=Nc1cccc3cccc(c13)N=C2. The van der Waals surface area contributed by atoms with Crippen molar-refractivity contribution in [2.45, 2.75) is 13.8 Å². The van der Waals surface area contributed by atoms with Crippen LogP contribution in [-0.4, -0.2) is 48.3 Å². The third-order valence-corrected chi connectivity index (χ3v) is 5.97. The van der Waals surface area contributed by atoms with Crippen LogP contribution in [0.5, 0.6) is 11.5 Å².